The fourth-order valence-electron chi connectivity index (χ4n) is 2.52. The topological polar surface area (TPSA) is 29.3 Å². The summed E-state index contributed by atoms with van der Waals surface area (Å²) in [4.78, 5) is 2.29. The lowest BCUT2D eigenvalue weighted by molar-refractivity contribution is 0.151. The molecule has 2 nitrogen and oxygen atoms in total. The van der Waals surface area contributed by atoms with E-state index in [1.54, 1.807) is 12.1 Å². The molecular weight excluding hydrogens is 270 g/mol. The molecule has 1 aromatic rings. The molecule has 1 saturated heterocycles. The Morgan fingerprint density at radius 2 is 2.16 bits per heavy atom. The molecule has 1 aliphatic heterocycles. The van der Waals surface area contributed by atoms with Gasteiger partial charge in [0.25, 0.3) is 6.43 Å². The molecule has 5 heteroatoms. The van der Waals surface area contributed by atoms with Crippen molar-refractivity contribution >= 4 is 12.4 Å². The summed E-state index contributed by atoms with van der Waals surface area (Å²) < 4.78 is 25.2. The summed E-state index contributed by atoms with van der Waals surface area (Å²) in [7, 11) is 0. The zero-order valence-corrected chi connectivity index (χ0v) is 11.9. The molecule has 0 amide bonds. The monoisotopic (exact) mass is 290 g/mol. The van der Waals surface area contributed by atoms with Gasteiger partial charge in [-0.25, -0.2) is 8.78 Å². The second-order valence-electron chi connectivity index (χ2n) is 5.19. The van der Waals surface area contributed by atoms with Crippen LogP contribution in [0.3, 0.4) is 0 Å². The molecular formula is C14H21ClF2N2. The van der Waals surface area contributed by atoms with Crippen molar-refractivity contribution in [1.82, 2.24) is 4.90 Å². The third-order valence-electron chi connectivity index (χ3n) is 3.66. The summed E-state index contributed by atoms with van der Waals surface area (Å²) >= 11 is 0. The van der Waals surface area contributed by atoms with E-state index in [1.165, 1.54) is 6.07 Å². The number of nitrogens with two attached hydrogens (primary N) is 1. The van der Waals surface area contributed by atoms with Crippen LogP contribution in [0.15, 0.2) is 24.3 Å². The zero-order valence-electron chi connectivity index (χ0n) is 11.1. The van der Waals surface area contributed by atoms with Gasteiger partial charge in [-0.15, -0.1) is 12.4 Å². The zero-order chi connectivity index (χ0) is 13.1. The fourth-order valence-corrected chi connectivity index (χ4v) is 2.52. The summed E-state index contributed by atoms with van der Waals surface area (Å²) in [6.07, 6.45) is -1.29. The lowest BCUT2D eigenvalue weighted by Gasteiger charge is -2.18. The average molecular weight is 291 g/mol. The van der Waals surface area contributed by atoms with Crippen LogP contribution in [0.5, 0.6) is 0 Å². The van der Waals surface area contributed by atoms with Crippen molar-refractivity contribution in [3.8, 4) is 0 Å². The molecule has 2 rings (SSSR count). The molecule has 0 aliphatic carbocycles. The minimum absolute atomic E-state index is 0. The fraction of sp³-hybridized carbons (Fsp3) is 0.571. The number of alkyl halides is 2. The maximum absolute atomic E-state index is 12.6. The molecule has 1 heterocycles. The van der Waals surface area contributed by atoms with E-state index in [1.807, 2.05) is 13.0 Å². The van der Waals surface area contributed by atoms with Crippen LogP contribution in [0.1, 0.15) is 30.9 Å². The SMILES string of the molecule is CC(N)C1CCN(Cc2cccc(C(F)F)c2)C1.Cl. The highest BCUT2D eigenvalue weighted by molar-refractivity contribution is 5.85. The number of hydrogen-bond donors (Lipinski definition) is 1. The molecule has 2 unspecified atom stereocenters. The van der Waals surface area contributed by atoms with Crippen molar-refractivity contribution < 1.29 is 8.78 Å². The Kier molecular flexibility index (Phi) is 6.17. The summed E-state index contributed by atoms with van der Waals surface area (Å²) in [6, 6.07) is 6.90. The van der Waals surface area contributed by atoms with Crippen molar-refractivity contribution in [3.63, 3.8) is 0 Å². The van der Waals surface area contributed by atoms with Crippen molar-refractivity contribution in [2.75, 3.05) is 13.1 Å². The van der Waals surface area contributed by atoms with Gasteiger partial charge in [-0.1, -0.05) is 18.2 Å². The first-order valence-corrected chi connectivity index (χ1v) is 6.41. The standard InChI is InChI=1S/C14H20F2N2.ClH/c1-10(17)13-5-6-18(9-13)8-11-3-2-4-12(7-11)14(15)16;/h2-4,7,10,13-14H,5-6,8-9,17H2,1H3;1H. The molecule has 1 fully saturated rings. The first kappa shape index (κ1) is 16.3. The predicted molar refractivity (Wildman–Crippen MR) is 75.7 cm³/mol. The quantitative estimate of drug-likeness (QED) is 0.922. The normalized spacial score (nSPS) is 21.4. The van der Waals surface area contributed by atoms with Gasteiger partial charge in [0.05, 0.1) is 0 Å². The Balaban J connectivity index is 0.00000180. The number of hydrogen-bond acceptors (Lipinski definition) is 2. The van der Waals surface area contributed by atoms with E-state index in [0.717, 1.165) is 31.6 Å². The molecule has 1 aromatic carbocycles. The lowest BCUT2D eigenvalue weighted by atomic mass is 10.0. The van der Waals surface area contributed by atoms with E-state index in [0.29, 0.717) is 5.92 Å². The largest absolute Gasteiger partial charge is 0.328 e. The molecule has 1 aliphatic rings. The molecule has 19 heavy (non-hydrogen) atoms. The molecule has 2 N–H and O–H groups in total. The first-order chi connectivity index (χ1) is 8.56. The van der Waals surface area contributed by atoms with E-state index in [2.05, 4.69) is 4.90 Å². The van der Waals surface area contributed by atoms with Crippen LogP contribution in [0, 0.1) is 5.92 Å². The van der Waals surface area contributed by atoms with Crippen molar-refractivity contribution in [1.29, 1.82) is 0 Å². The molecule has 2 atom stereocenters. The van der Waals surface area contributed by atoms with E-state index < -0.39 is 6.43 Å². The minimum Gasteiger partial charge on any atom is -0.328 e. The molecule has 0 spiro atoms. The van der Waals surface area contributed by atoms with Gasteiger partial charge in [0.1, 0.15) is 0 Å². The summed E-state index contributed by atoms with van der Waals surface area (Å²) in [5, 5.41) is 0. The van der Waals surface area contributed by atoms with Crippen molar-refractivity contribution in [2.45, 2.75) is 32.4 Å². The van der Waals surface area contributed by atoms with Crippen molar-refractivity contribution in [2.24, 2.45) is 11.7 Å². The Hall–Kier alpha value is -0.710. The Morgan fingerprint density at radius 3 is 2.74 bits per heavy atom. The van der Waals surface area contributed by atoms with E-state index >= 15 is 0 Å². The highest BCUT2D eigenvalue weighted by Crippen LogP contribution is 2.23. The average Bonchev–Trinajstić information content (AvgIpc) is 2.78. The van der Waals surface area contributed by atoms with Gasteiger partial charge in [-0.3, -0.25) is 4.90 Å². The Bertz CT molecular complexity index is 399. The highest BCUT2D eigenvalue weighted by Gasteiger charge is 2.25. The van der Waals surface area contributed by atoms with Gasteiger partial charge >= 0.3 is 0 Å². The van der Waals surface area contributed by atoms with Gasteiger partial charge < -0.3 is 5.73 Å². The maximum atomic E-state index is 12.6. The van der Waals surface area contributed by atoms with Crippen LogP contribution in [0.2, 0.25) is 0 Å². The van der Waals surface area contributed by atoms with Crippen LogP contribution < -0.4 is 5.73 Å². The maximum Gasteiger partial charge on any atom is 0.263 e. The third-order valence-corrected chi connectivity index (χ3v) is 3.66. The lowest BCUT2D eigenvalue weighted by Crippen LogP contribution is -2.29. The number of likely N-dealkylation sites (tertiary alicyclic amines) is 1. The van der Waals surface area contributed by atoms with Gasteiger partial charge in [0.2, 0.25) is 0 Å². The Morgan fingerprint density at radius 1 is 1.42 bits per heavy atom. The number of rotatable bonds is 4. The van der Waals surface area contributed by atoms with Gasteiger partial charge in [0, 0.05) is 24.7 Å². The second kappa shape index (κ2) is 7.17. The number of benzene rings is 1. The van der Waals surface area contributed by atoms with Crippen LogP contribution >= 0.6 is 12.4 Å². The van der Waals surface area contributed by atoms with Gasteiger partial charge in [-0.05, 0) is 37.4 Å². The summed E-state index contributed by atoms with van der Waals surface area (Å²) in [5.41, 5.74) is 6.95. The molecule has 0 bridgehead atoms. The van der Waals surface area contributed by atoms with Crippen LogP contribution in [0.4, 0.5) is 8.78 Å². The molecule has 0 aromatic heterocycles. The molecule has 0 radical (unpaired) electrons. The van der Waals surface area contributed by atoms with Crippen molar-refractivity contribution in [3.05, 3.63) is 35.4 Å². The number of halogens is 3. The van der Waals surface area contributed by atoms with E-state index in [-0.39, 0.29) is 24.0 Å². The van der Waals surface area contributed by atoms with Gasteiger partial charge in [0.15, 0.2) is 0 Å². The molecule has 0 saturated carbocycles. The number of nitrogens with zero attached hydrogens (tertiary/aromatic N) is 1. The van der Waals surface area contributed by atoms with Crippen LogP contribution in [0.25, 0.3) is 0 Å². The third kappa shape index (κ3) is 4.41. The van der Waals surface area contributed by atoms with Crippen LogP contribution in [-0.2, 0) is 6.54 Å². The second-order valence-corrected chi connectivity index (χ2v) is 5.19. The highest BCUT2D eigenvalue weighted by atomic mass is 35.5. The summed E-state index contributed by atoms with van der Waals surface area (Å²) in [6.45, 7) is 4.75. The Labute approximate surface area is 119 Å². The smallest absolute Gasteiger partial charge is 0.263 e. The van der Waals surface area contributed by atoms with Crippen LogP contribution in [-0.4, -0.2) is 24.0 Å². The summed E-state index contributed by atoms with van der Waals surface area (Å²) in [5.74, 6) is 0.531. The minimum atomic E-state index is -2.39. The van der Waals surface area contributed by atoms with E-state index in [4.69, 9.17) is 5.73 Å². The molecule has 108 valence electrons. The van der Waals surface area contributed by atoms with E-state index in [9.17, 15) is 8.78 Å². The predicted octanol–water partition coefficient (Wildman–Crippen LogP) is 3.22. The first-order valence-electron chi connectivity index (χ1n) is 6.41. The van der Waals surface area contributed by atoms with Gasteiger partial charge in [-0.2, -0.15) is 0 Å².